The minimum Gasteiger partial charge on any atom is -0.373 e. The van der Waals surface area contributed by atoms with Crippen molar-refractivity contribution in [2.24, 2.45) is 0 Å². The molecule has 24 heavy (non-hydrogen) atoms. The summed E-state index contributed by atoms with van der Waals surface area (Å²) in [6, 6.07) is 11.4. The standard InChI is InChI=1S/C20H22N2O2/c1-12-5-7-14(3)16(9-12)21-17-11-19(23)22(20(17)24)18-10-13(2)6-8-15(18)4/h5-10,17,21H,11H2,1-4H3. The Labute approximate surface area is 142 Å². The minimum atomic E-state index is -0.516. The first-order valence-electron chi connectivity index (χ1n) is 8.14. The molecule has 0 saturated carbocycles. The van der Waals surface area contributed by atoms with Gasteiger partial charge in [-0.2, -0.15) is 0 Å². The van der Waals surface area contributed by atoms with Crippen LogP contribution in [0.4, 0.5) is 11.4 Å². The Hall–Kier alpha value is -2.62. The van der Waals surface area contributed by atoms with Gasteiger partial charge in [-0.1, -0.05) is 24.3 Å². The summed E-state index contributed by atoms with van der Waals surface area (Å²) in [4.78, 5) is 26.6. The van der Waals surface area contributed by atoms with E-state index in [-0.39, 0.29) is 18.2 Å². The first-order chi connectivity index (χ1) is 11.4. The molecule has 2 amide bonds. The smallest absolute Gasteiger partial charge is 0.256 e. The molecule has 1 heterocycles. The predicted octanol–water partition coefficient (Wildman–Crippen LogP) is 3.66. The molecule has 1 aliphatic heterocycles. The number of anilines is 2. The molecule has 124 valence electrons. The molecule has 1 fully saturated rings. The molecule has 4 nitrogen and oxygen atoms in total. The van der Waals surface area contributed by atoms with Crippen molar-refractivity contribution in [1.82, 2.24) is 0 Å². The van der Waals surface area contributed by atoms with E-state index in [2.05, 4.69) is 5.32 Å². The highest BCUT2D eigenvalue weighted by Crippen LogP contribution is 2.29. The Kier molecular flexibility index (Phi) is 4.14. The zero-order valence-corrected chi connectivity index (χ0v) is 14.5. The van der Waals surface area contributed by atoms with Gasteiger partial charge in [-0.05, 0) is 62.1 Å². The number of nitrogens with zero attached hydrogens (tertiary/aromatic N) is 1. The molecule has 1 N–H and O–H groups in total. The van der Waals surface area contributed by atoms with Crippen LogP contribution in [0.5, 0.6) is 0 Å². The summed E-state index contributed by atoms with van der Waals surface area (Å²) in [6.45, 7) is 7.88. The third-order valence-corrected chi connectivity index (χ3v) is 4.47. The van der Waals surface area contributed by atoms with E-state index < -0.39 is 6.04 Å². The second kappa shape index (κ2) is 6.11. The first-order valence-corrected chi connectivity index (χ1v) is 8.14. The van der Waals surface area contributed by atoms with E-state index in [1.54, 1.807) is 0 Å². The molecule has 4 heteroatoms. The van der Waals surface area contributed by atoms with E-state index in [9.17, 15) is 9.59 Å². The van der Waals surface area contributed by atoms with E-state index in [0.717, 1.165) is 27.9 Å². The summed E-state index contributed by atoms with van der Waals surface area (Å²) in [5, 5.41) is 3.25. The Morgan fingerprint density at radius 3 is 2.25 bits per heavy atom. The van der Waals surface area contributed by atoms with Gasteiger partial charge in [-0.3, -0.25) is 9.59 Å². The summed E-state index contributed by atoms with van der Waals surface area (Å²) < 4.78 is 0. The molecule has 0 bridgehead atoms. The predicted molar refractivity (Wildman–Crippen MR) is 96.4 cm³/mol. The molecular weight excluding hydrogens is 300 g/mol. The highest BCUT2D eigenvalue weighted by atomic mass is 16.2. The number of hydrogen-bond acceptors (Lipinski definition) is 3. The first kappa shape index (κ1) is 16.2. The number of imide groups is 1. The van der Waals surface area contributed by atoms with Crippen molar-refractivity contribution in [3.63, 3.8) is 0 Å². The highest BCUT2D eigenvalue weighted by Gasteiger charge is 2.40. The van der Waals surface area contributed by atoms with Crippen LogP contribution >= 0.6 is 0 Å². The minimum absolute atomic E-state index is 0.156. The lowest BCUT2D eigenvalue weighted by atomic mass is 10.1. The molecule has 0 aliphatic carbocycles. The normalized spacial score (nSPS) is 17.5. The van der Waals surface area contributed by atoms with Crippen LogP contribution in [0.2, 0.25) is 0 Å². The fourth-order valence-corrected chi connectivity index (χ4v) is 3.04. The number of carbonyl (C=O) groups excluding carboxylic acids is 2. The van der Waals surface area contributed by atoms with Crippen LogP contribution in [-0.4, -0.2) is 17.9 Å². The van der Waals surface area contributed by atoms with Crippen molar-refractivity contribution in [1.29, 1.82) is 0 Å². The summed E-state index contributed by atoms with van der Waals surface area (Å²) >= 11 is 0. The molecule has 0 aromatic heterocycles. The molecule has 2 aromatic rings. The van der Waals surface area contributed by atoms with Gasteiger partial charge in [0.05, 0.1) is 12.1 Å². The van der Waals surface area contributed by atoms with E-state index >= 15 is 0 Å². The van der Waals surface area contributed by atoms with Crippen LogP contribution in [0.3, 0.4) is 0 Å². The topological polar surface area (TPSA) is 49.4 Å². The number of rotatable bonds is 3. The van der Waals surface area contributed by atoms with Gasteiger partial charge in [0.2, 0.25) is 5.91 Å². The third kappa shape index (κ3) is 2.92. The Morgan fingerprint density at radius 2 is 1.54 bits per heavy atom. The number of aryl methyl sites for hydroxylation is 4. The molecular formula is C20H22N2O2. The SMILES string of the molecule is Cc1ccc(C)c(NC2CC(=O)N(c3cc(C)ccc3C)C2=O)c1. The average Bonchev–Trinajstić information content (AvgIpc) is 2.80. The maximum atomic E-state index is 12.8. The number of nitrogens with one attached hydrogen (secondary N) is 1. The number of benzene rings is 2. The van der Waals surface area contributed by atoms with Crippen molar-refractivity contribution >= 4 is 23.2 Å². The van der Waals surface area contributed by atoms with E-state index in [1.807, 2.05) is 64.1 Å². The van der Waals surface area contributed by atoms with Crippen LogP contribution in [0.15, 0.2) is 36.4 Å². The Balaban J connectivity index is 1.89. The van der Waals surface area contributed by atoms with Gasteiger partial charge in [0.25, 0.3) is 5.91 Å². The molecule has 3 rings (SSSR count). The number of carbonyl (C=O) groups is 2. The van der Waals surface area contributed by atoms with E-state index in [4.69, 9.17) is 0 Å². The number of amides is 2. The van der Waals surface area contributed by atoms with Gasteiger partial charge >= 0.3 is 0 Å². The summed E-state index contributed by atoms with van der Waals surface area (Å²) in [5.74, 6) is -0.342. The van der Waals surface area contributed by atoms with Gasteiger partial charge in [0, 0.05) is 5.69 Å². The van der Waals surface area contributed by atoms with Crippen LogP contribution in [-0.2, 0) is 9.59 Å². The maximum Gasteiger partial charge on any atom is 0.256 e. The molecule has 1 saturated heterocycles. The van der Waals surface area contributed by atoms with Crippen molar-refractivity contribution < 1.29 is 9.59 Å². The van der Waals surface area contributed by atoms with Crippen LogP contribution in [0, 0.1) is 27.7 Å². The van der Waals surface area contributed by atoms with Gasteiger partial charge in [-0.15, -0.1) is 0 Å². The Bertz CT molecular complexity index is 826. The lowest BCUT2D eigenvalue weighted by molar-refractivity contribution is -0.121. The summed E-state index contributed by atoms with van der Waals surface area (Å²) in [7, 11) is 0. The fraction of sp³-hybridized carbons (Fsp3) is 0.300. The van der Waals surface area contributed by atoms with Crippen LogP contribution in [0.1, 0.15) is 28.7 Å². The molecule has 1 atom stereocenters. The lowest BCUT2D eigenvalue weighted by Crippen LogP contribution is -2.35. The zero-order valence-electron chi connectivity index (χ0n) is 14.5. The van der Waals surface area contributed by atoms with Crippen molar-refractivity contribution in [2.45, 2.75) is 40.2 Å². The molecule has 0 radical (unpaired) electrons. The van der Waals surface area contributed by atoms with E-state index in [0.29, 0.717) is 5.69 Å². The quantitative estimate of drug-likeness (QED) is 0.877. The molecule has 0 spiro atoms. The maximum absolute atomic E-state index is 12.8. The van der Waals surface area contributed by atoms with Crippen molar-refractivity contribution in [3.8, 4) is 0 Å². The van der Waals surface area contributed by atoms with Crippen LogP contribution in [0.25, 0.3) is 0 Å². The third-order valence-electron chi connectivity index (χ3n) is 4.47. The van der Waals surface area contributed by atoms with Gasteiger partial charge in [0.15, 0.2) is 0 Å². The summed E-state index contributed by atoms with van der Waals surface area (Å²) in [6.07, 6.45) is 0.180. The largest absolute Gasteiger partial charge is 0.373 e. The van der Waals surface area contributed by atoms with Gasteiger partial charge < -0.3 is 5.32 Å². The Morgan fingerprint density at radius 1 is 0.917 bits per heavy atom. The van der Waals surface area contributed by atoms with Crippen LogP contribution < -0.4 is 10.2 Å². The highest BCUT2D eigenvalue weighted by molar-refractivity contribution is 6.23. The lowest BCUT2D eigenvalue weighted by Gasteiger charge is -2.19. The number of hydrogen-bond donors (Lipinski definition) is 1. The molecule has 2 aromatic carbocycles. The van der Waals surface area contributed by atoms with Gasteiger partial charge in [-0.25, -0.2) is 4.90 Å². The second-order valence-electron chi connectivity index (χ2n) is 6.58. The monoisotopic (exact) mass is 322 g/mol. The molecule has 1 unspecified atom stereocenters. The van der Waals surface area contributed by atoms with Gasteiger partial charge in [0.1, 0.15) is 6.04 Å². The zero-order chi connectivity index (χ0) is 17.4. The molecule has 1 aliphatic rings. The van der Waals surface area contributed by atoms with Crippen molar-refractivity contribution in [2.75, 3.05) is 10.2 Å². The van der Waals surface area contributed by atoms with Crippen molar-refractivity contribution in [3.05, 3.63) is 58.7 Å². The average molecular weight is 322 g/mol. The summed E-state index contributed by atoms with van der Waals surface area (Å²) in [5.41, 5.74) is 5.73. The van der Waals surface area contributed by atoms with E-state index in [1.165, 1.54) is 4.90 Å². The fourth-order valence-electron chi connectivity index (χ4n) is 3.04. The second-order valence-corrected chi connectivity index (χ2v) is 6.58.